The molecule has 0 radical (unpaired) electrons. The standard InChI is InChI=1S/C15H14N2O3/c1-11-4-2-5-12(10-11)15(19)17-16-14(18)8-7-13-6-3-9-20-13/h2-10H,1H3,(H,16,18)(H,17,19)/b8-7+. The predicted octanol–water partition coefficient (Wildman–Crippen LogP) is 2.06. The highest BCUT2D eigenvalue weighted by Crippen LogP contribution is 2.03. The van der Waals surface area contributed by atoms with Crippen LogP contribution in [0.25, 0.3) is 6.08 Å². The average molecular weight is 270 g/mol. The van der Waals surface area contributed by atoms with E-state index in [-0.39, 0.29) is 5.91 Å². The molecule has 0 aliphatic carbocycles. The van der Waals surface area contributed by atoms with Crippen LogP contribution in [-0.4, -0.2) is 11.8 Å². The van der Waals surface area contributed by atoms with Gasteiger partial charge in [0.25, 0.3) is 11.8 Å². The Morgan fingerprint density at radius 1 is 1.15 bits per heavy atom. The predicted molar refractivity (Wildman–Crippen MR) is 74.5 cm³/mol. The molecule has 0 fully saturated rings. The topological polar surface area (TPSA) is 71.3 Å². The summed E-state index contributed by atoms with van der Waals surface area (Å²) >= 11 is 0. The van der Waals surface area contributed by atoms with Crippen LogP contribution in [0.15, 0.2) is 53.2 Å². The van der Waals surface area contributed by atoms with Gasteiger partial charge >= 0.3 is 0 Å². The first-order valence-electron chi connectivity index (χ1n) is 6.04. The summed E-state index contributed by atoms with van der Waals surface area (Å²) in [5, 5.41) is 0. The van der Waals surface area contributed by atoms with Crippen molar-refractivity contribution in [1.29, 1.82) is 0 Å². The molecule has 20 heavy (non-hydrogen) atoms. The van der Waals surface area contributed by atoms with Crippen molar-refractivity contribution in [3.05, 3.63) is 65.6 Å². The minimum absolute atomic E-state index is 0.367. The van der Waals surface area contributed by atoms with Crippen molar-refractivity contribution in [1.82, 2.24) is 10.9 Å². The molecule has 102 valence electrons. The van der Waals surface area contributed by atoms with E-state index in [4.69, 9.17) is 4.42 Å². The highest BCUT2D eigenvalue weighted by atomic mass is 16.3. The van der Waals surface area contributed by atoms with Crippen LogP contribution in [0, 0.1) is 6.92 Å². The Morgan fingerprint density at radius 2 is 2.00 bits per heavy atom. The van der Waals surface area contributed by atoms with E-state index in [1.54, 1.807) is 30.3 Å². The number of aryl methyl sites for hydroxylation is 1. The fourth-order valence-electron chi connectivity index (χ4n) is 1.56. The second-order valence-corrected chi connectivity index (χ2v) is 4.16. The lowest BCUT2D eigenvalue weighted by molar-refractivity contribution is -0.117. The van der Waals surface area contributed by atoms with E-state index in [2.05, 4.69) is 10.9 Å². The SMILES string of the molecule is Cc1cccc(C(=O)NNC(=O)/C=C/c2ccco2)c1. The molecule has 1 aromatic carbocycles. The lowest BCUT2D eigenvalue weighted by Gasteiger charge is -2.05. The van der Waals surface area contributed by atoms with Gasteiger partial charge in [-0.25, -0.2) is 0 Å². The first kappa shape index (κ1) is 13.6. The van der Waals surface area contributed by atoms with Gasteiger partial charge in [-0.15, -0.1) is 0 Å². The number of furan rings is 1. The van der Waals surface area contributed by atoms with Gasteiger partial charge < -0.3 is 4.42 Å². The minimum atomic E-state index is -0.442. The summed E-state index contributed by atoms with van der Waals surface area (Å²) in [7, 11) is 0. The zero-order chi connectivity index (χ0) is 14.4. The van der Waals surface area contributed by atoms with Gasteiger partial charge in [0.05, 0.1) is 6.26 Å². The number of rotatable bonds is 3. The molecule has 2 amide bonds. The monoisotopic (exact) mass is 270 g/mol. The molecule has 0 aliphatic heterocycles. The van der Waals surface area contributed by atoms with Gasteiger partial charge in [-0.1, -0.05) is 17.7 Å². The number of hydrazine groups is 1. The normalized spacial score (nSPS) is 10.4. The maximum Gasteiger partial charge on any atom is 0.269 e. The van der Waals surface area contributed by atoms with Crippen LogP contribution in [0.3, 0.4) is 0 Å². The molecule has 0 unspecified atom stereocenters. The van der Waals surface area contributed by atoms with Crippen LogP contribution >= 0.6 is 0 Å². The van der Waals surface area contributed by atoms with Gasteiger partial charge in [-0.05, 0) is 37.3 Å². The van der Waals surface area contributed by atoms with E-state index in [1.165, 1.54) is 18.4 Å². The lowest BCUT2D eigenvalue weighted by Crippen LogP contribution is -2.40. The Kier molecular flexibility index (Phi) is 4.34. The first-order valence-corrected chi connectivity index (χ1v) is 6.04. The molecule has 0 saturated heterocycles. The maximum atomic E-state index is 11.8. The fourth-order valence-corrected chi connectivity index (χ4v) is 1.56. The number of nitrogens with one attached hydrogen (secondary N) is 2. The van der Waals surface area contributed by atoms with Crippen molar-refractivity contribution in [2.45, 2.75) is 6.92 Å². The highest BCUT2D eigenvalue weighted by Gasteiger charge is 2.05. The molecule has 0 saturated carbocycles. The maximum absolute atomic E-state index is 11.8. The van der Waals surface area contributed by atoms with Crippen molar-refractivity contribution < 1.29 is 14.0 Å². The van der Waals surface area contributed by atoms with Crippen LogP contribution in [0.2, 0.25) is 0 Å². The molecular weight excluding hydrogens is 256 g/mol. The third kappa shape index (κ3) is 3.84. The van der Waals surface area contributed by atoms with E-state index < -0.39 is 5.91 Å². The van der Waals surface area contributed by atoms with E-state index in [1.807, 2.05) is 13.0 Å². The summed E-state index contributed by atoms with van der Waals surface area (Å²) in [5.74, 6) is -0.249. The molecule has 5 heteroatoms. The van der Waals surface area contributed by atoms with Gasteiger partial charge in [0.15, 0.2) is 0 Å². The summed E-state index contributed by atoms with van der Waals surface area (Å²) in [5.41, 5.74) is 6.09. The Morgan fingerprint density at radius 3 is 2.70 bits per heavy atom. The molecule has 2 rings (SSSR count). The molecule has 2 aromatic rings. The van der Waals surface area contributed by atoms with Crippen LogP contribution in [0.1, 0.15) is 21.7 Å². The zero-order valence-electron chi connectivity index (χ0n) is 10.9. The molecule has 0 atom stereocenters. The van der Waals surface area contributed by atoms with Crippen molar-refractivity contribution in [3.63, 3.8) is 0 Å². The lowest BCUT2D eigenvalue weighted by atomic mass is 10.1. The van der Waals surface area contributed by atoms with Gasteiger partial charge in [-0.2, -0.15) is 0 Å². The fraction of sp³-hybridized carbons (Fsp3) is 0.0667. The first-order chi connectivity index (χ1) is 9.65. The average Bonchev–Trinajstić information content (AvgIpc) is 2.95. The smallest absolute Gasteiger partial charge is 0.269 e. The van der Waals surface area contributed by atoms with Crippen LogP contribution < -0.4 is 10.9 Å². The van der Waals surface area contributed by atoms with Crippen molar-refractivity contribution in [2.75, 3.05) is 0 Å². The number of hydrogen-bond donors (Lipinski definition) is 2. The zero-order valence-corrected chi connectivity index (χ0v) is 10.9. The number of hydrogen-bond acceptors (Lipinski definition) is 3. The van der Waals surface area contributed by atoms with Crippen molar-refractivity contribution in [3.8, 4) is 0 Å². The molecule has 0 spiro atoms. The van der Waals surface area contributed by atoms with Gasteiger partial charge in [-0.3, -0.25) is 20.4 Å². The minimum Gasteiger partial charge on any atom is -0.465 e. The number of carbonyl (C=O) groups is 2. The van der Waals surface area contributed by atoms with Crippen LogP contribution in [0.5, 0.6) is 0 Å². The summed E-state index contributed by atoms with van der Waals surface area (Å²) in [4.78, 5) is 23.3. The Labute approximate surface area is 116 Å². The molecular formula is C15H14N2O3. The Bertz CT molecular complexity index is 630. The summed E-state index contributed by atoms with van der Waals surface area (Å²) in [6.45, 7) is 1.89. The van der Waals surface area contributed by atoms with Crippen molar-refractivity contribution in [2.24, 2.45) is 0 Å². The summed E-state index contributed by atoms with van der Waals surface area (Å²) in [6.07, 6.45) is 4.29. The van der Waals surface area contributed by atoms with Crippen LogP contribution in [-0.2, 0) is 4.79 Å². The largest absolute Gasteiger partial charge is 0.465 e. The molecule has 1 aromatic heterocycles. The molecule has 2 N–H and O–H groups in total. The quantitative estimate of drug-likeness (QED) is 0.662. The Hall–Kier alpha value is -2.82. The van der Waals surface area contributed by atoms with Gasteiger partial charge in [0.1, 0.15) is 5.76 Å². The summed E-state index contributed by atoms with van der Waals surface area (Å²) in [6, 6.07) is 10.5. The molecule has 0 bridgehead atoms. The number of carbonyl (C=O) groups excluding carboxylic acids is 2. The van der Waals surface area contributed by atoms with E-state index in [9.17, 15) is 9.59 Å². The van der Waals surface area contributed by atoms with E-state index >= 15 is 0 Å². The van der Waals surface area contributed by atoms with E-state index in [0.717, 1.165) is 5.56 Å². The molecule has 5 nitrogen and oxygen atoms in total. The third-order valence-electron chi connectivity index (χ3n) is 2.52. The van der Waals surface area contributed by atoms with Gasteiger partial charge in [0.2, 0.25) is 0 Å². The number of benzene rings is 1. The highest BCUT2D eigenvalue weighted by molar-refractivity contribution is 5.97. The third-order valence-corrected chi connectivity index (χ3v) is 2.52. The van der Waals surface area contributed by atoms with Crippen molar-refractivity contribution >= 4 is 17.9 Å². The molecule has 1 heterocycles. The number of amides is 2. The Balaban J connectivity index is 1.86. The van der Waals surface area contributed by atoms with Gasteiger partial charge in [0, 0.05) is 11.6 Å². The van der Waals surface area contributed by atoms with Crippen LogP contribution in [0.4, 0.5) is 0 Å². The second kappa shape index (κ2) is 6.38. The molecule has 0 aliphatic rings. The summed E-state index contributed by atoms with van der Waals surface area (Å²) < 4.78 is 5.04. The second-order valence-electron chi connectivity index (χ2n) is 4.16. The van der Waals surface area contributed by atoms with E-state index in [0.29, 0.717) is 11.3 Å².